The number of carboxylic acids is 1. The molecule has 6 nitrogen and oxygen atoms in total. The summed E-state index contributed by atoms with van der Waals surface area (Å²) < 4.78 is 0. The number of fused-ring (bicyclic) bond motifs is 1. The van der Waals surface area contributed by atoms with Crippen LogP contribution >= 0.6 is 11.8 Å². The molecule has 2 amide bonds. The number of amides is 2. The Labute approximate surface area is 207 Å². The van der Waals surface area contributed by atoms with E-state index < -0.39 is 11.9 Å². The number of carbonyl (C=O) groups excluding carboxylic acids is 2. The van der Waals surface area contributed by atoms with Crippen LogP contribution in [0.15, 0.2) is 83.8 Å². The van der Waals surface area contributed by atoms with E-state index in [1.54, 1.807) is 48.5 Å². The molecule has 4 aromatic carbocycles. The predicted octanol–water partition coefficient (Wildman–Crippen LogP) is 6.14. The van der Waals surface area contributed by atoms with Crippen LogP contribution in [0.4, 0.5) is 11.4 Å². The molecule has 0 aliphatic rings. The van der Waals surface area contributed by atoms with Crippen molar-refractivity contribution in [3.8, 4) is 0 Å². The van der Waals surface area contributed by atoms with Gasteiger partial charge >= 0.3 is 5.97 Å². The number of aryl methyl sites for hydroxylation is 1. The normalized spacial score (nSPS) is 10.7. The Morgan fingerprint density at radius 3 is 2.26 bits per heavy atom. The Morgan fingerprint density at radius 2 is 1.51 bits per heavy atom. The molecule has 4 aromatic rings. The SMILES string of the molecule is Cc1cccc(NC(=O)CSc2cccc(NC(=O)c3cccc4cccc(C(=O)O)c34)c2)c1C. The number of carboxylic acid groups (broad SMARTS) is 1. The summed E-state index contributed by atoms with van der Waals surface area (Å²) >= 11 is 1.36. The first-order chi connectivity index (χ1) is 16.8. The minimum Gasteiger partial charge on any atom is -0.478 e. The number of rotatable bonds is 7. The van der Waals surface area contributed by atoms with Crippen molar-refractivity contribution < 1.29 is 19.5 Å². The Balaban J connectivity index is 1.46. The number of benzene rings is 4. The second kappa shape index (κ2) is 10.4. The molecule has 0 spiro atoms. The topological polar surface area (TPSA) is 95.5 Å². The van der Waals surface area contributed by atoms with Crippen LogP contribution in [0.2, 0.25) is 0 Å². The Kier molecular flexibility index (Phi) is 7.17. The predicted molar refractivity (Wildman–Crippen MR) is 141 cm³/mol. The maximum absolute atomic E-state index is 13.1. The quantitative estimate of drug-likeness (QED) is 0.274. The Hall–Kier alpha value is -4.10. The summed E-state index contributed by atoms with van der Waals surface area (Å²) in [5.41, 5.74) is 3.86. The van der Waals surface area contributed by atoms with Crippen molar-refractivity contribution in [1.29, 1.82) is 0 Å². The zero-order valence-corrected chi connectivity index (χ0v) is 20.1. The van der Waals surface area contributed by atoms with Crippen LogP contribution in [-0.2, 0) is 4.79 Å². The van der Waals surface area contributed by atoms with Gasteiger partial charge in [-0.1, -0.05) is 42.5 Å². The highest BCUT2D eigenvalue weighted by molar-refractivity contribution is 8.00. The number of hydrogen-bond donors (Lipinski definition) is 3. The lowest BCUT2D eigenvalue weighted by Gasteiger charge is -2.12. The van der Waals surface area contributed by atoms with Gasteiger partial charge in [0, 0.05) is 27.2 Å². The van der Waals surface area contributed by atoms with Gasteiger partial charge in [0.2, 0.25) is 5.91 Å². The number of anilines is 2. The van der Waals surface area contributed by atoms with Crippen LogP contribution in [0.3, 0.4) is 0 Å². The molecule has 0 heterocycles. The molecule has 0 aliphatic carbocycles. The zero-order chi connectivity index (χ0) is 24.9. The van der Waals surface area contributed by atoms with Crippen LogP contribution in [0, 0.1) is 13.8 Å². The van der Waals surface area contributed by atoms with Crippen molar-refractivity contribution in [2.75, 3.05) is 16.4 Å². The molecule has 4 rings (SSSR count). The van der Waals surface area contributed by atoms with Crippen LogP contribution in [-0.4, -0.2) is 28.6 Å². The van der Waals surface area contributed by atoms with Gasteiger partial charge in [-0.15, -0.1) is 11.8 Å². The molecule has 0 saturated carbocycles. The highest BCUT2D eigenvalue weighted by Crippen LogP contribution is 2.26. The minimum atomic E-state index is -1.09. The van der Waals surface area contributed by atoms with Gasteiger partial charge in [-0.25, -0.2) is 4.79 Å². The van der Waals surface area contributed by atoms with Gasteiger partial charge in [0.1, 0.15) is 0 Å². The summed E-state index contributed by atoms with van der Waals surface area (Å²) in [5, 5.41) is 16.4. The third-order valence-electron chi connectivity index (χ3n) is 5.72. The van der Waals surface area contributed by atoms with Crippen LogP contribution in [0.1, 0.15) is 31.8 Å². The van der Waals surface area contributed by atoms with Crippen molar-refractivity contribution in [1.82, 2.24) is 0 Å². The van der Waals surface area contributed by atoms with E-state index in [0.717, 1.165) is 21.7 Å². The van der Waals surface area contributed by atoms with Gasteiger partial charge in [-0.2, -0.15) is 0 Å². The fourth-order valence-corrected chi connectivity index (χ4v) is 4.55. The maximum Gasteiger partial charge on any atom is 0.336 e. The lowest BCUT2D eigenvalue weighted by atomic mass is 9.98. The summed E-state index contributed by atoms with van der Waals surface area (Å²) in [4.78, 5) is 38.1. The third kappa shape index (κ3) is 5.53. The van der Waals surface area contributed by atoms with Crippen molar-refractivity contribution >= 4 is 51.7 Å². The van der Waals surface area contributed by atoms with Gasteiger partial charge < -0.3 is 15.7 Å². The van der Waals surface area contributed by atoms with Crippen molar-refractivity contribution in [3.05, 3.63) is 101 Å². The number of nitrogens with one attached hydrogen (secondary N) is 2. The van der Waals surface area contributed by atoms with Crippen molar-refractivity contribution in [2.24, 2.45) is 0 Å². The second-order valence-electron chi connectivity index (χ2n) is 8.08. The molecule has 0 atom stereocenters. The second-order valence-corrected chi connectivity index (χ2v) is 9.13. The molecule has 0 fully saturated rings. The molecule has 0 unspecified atom stereocenters. The van der Waals surface area contributed by atoms with Gasteiger partial charge in [0.05, 0.1) is 11.3 Å². The van der Waals surface area contributed by atoms with Gasteiger partial charge in [0.25, 0.3) is 5.91 Å². The monoisotopic (exact) mass is 484 g/mol. The zero-order valence-electron chi connectivity index (χ0n) is 19.3. The summed E-state index contributed by atoms with van der Waals surface area (Å²) in [6, 6.07) is 23.0. The van der Waals surface area contributed by atoms with E-state index in [0.29, 0.717) is 16.5 Å². The van der Waals surface area contributed by atoms with Crippen LogP contribution in [0.25, 0.3) is 10.8 Å². The summed E-state index contributed by atoms with van der Waals surface area (Å²) in [6.45, 7) is 3.97. The lowest BCUT2D eigenvalue weighted by Crippen LogP contribution is -2.15. The maximum atomic E-state index is 13.1. The average molecular weight is 485 g/mol. The Bertz CT molecular complexity index is 1440. The van der Waals surface area contributed by atoms with E-state index in [-0.39, 0.29) is 22.8 Å². The van der Waals surface area contributed by atoms with E-state index in [1.165, 1.54) is 17.8 Å². The molecule has 35 heavy (non-hydrogen) atoms. The number of carbonyl (C=O) groups is 3. The first kappa shape index (κ1) is 24.0. The number of thioether (sulfide) groups is 1. The van der Waals surface area contributed by atoms with E-state index in [4.69, 9.17) is 0 Å². The lowest BCUT2D eigenvalue weighted by molar-refractivity contribution is -0.113. The van der Waals surface area contributed by atoms with Crippen molar-refractivity contribution in [3.63, 3.8) is 0 Å². The van der Waals surface area contributed by atoms with Crippen molar-refractivity contribution in [2.45, 2.75) is 18.7 Å². The van der Waals surface area contributed by atoms with Gasteiger partial charge in [-0.3, -0.25) is 9.59 Å². The first-order valence-corrected chi connectivity index (χ1v) is 12.0. The van der Waals surface area contributed by atoms with Gasteiger partial charge in [0.15, 0.2) is 0 Å². The highest BCUT2D eigenvalue weighted by atomic mass is 32.2. The summed E-state index contributed by atoms with van der Waals surface area (Å²) in [5.74, 6) is -1.39. The van der Waals surface area contributed by atoms with E-state index >= 15 is 0 Å². The number of hydrogen-bond acceptors (Lipinski definition) is 4. The standard InChI is InChI=1S/C28H24N2O4S/c1-17-7-3-14-24(18(17)2)30-25(31)16-35-21-11-6-10-20(15-21)29-27(32)22-12-4-8-19-9-5-13-23(26(19)22)28(33)34/h3-15H,16H2,1-2H3,(H,29,32)(H,30,31)(H,33,34). The molecule has 176 valence electrons. The molecule has 7 heteroatoms. The molecule has 0 aliphatic heterocycles. The molecule has 0 saturated heterocycles. The van der Waals surface area contributed by atoms with Crippen LogP contribution < -0.4 is 10.6 Å². The fraction of sp³-hybridized carbons (Fsp3) is 0.107. The molecule has 0 bridgehead atoms. The van der Waals surface area contributed by atoms with Crippen LogP contribution in [0.5, 0.6) is 0 Å². The molecule has 3 N–H and O–H groups in total. The molecule has 0 radical (unpaired) electrons. The van der Waals surface area contributed by atoms with Gasteiger partial charge in [-0.05, 0) is 66.8 Å². The minimum absolute atomic E-state index is 0.0763. The first-order valence-electron chi connectivity index (χ1n) is 11.0. The molecular formula is C28H24N2O4S. The van der Waals surface area contributed by atoms with E-state index in [9.17, 15) is 19.5 Å². The highest BCUT2D eigenvalue weighted by Gasteiger charge is 2.17. The third-order valence-corrected chi connectivity index (χ3v) is 6.71. The van der Waals surface area contributed by atoms with E-state index in [2.05, 4.69) is 10.6 Å². The molecule has 0 aromatic heterocycles. The number of aromatic carboxylic acids is 1. The summed E-state index contributed by atoms with van der Waals surface area (Å²) in [7, 11) is 0. The fourth-order valence-electron chi connectivity index (χ4n) is 3.79. The average Bonchev–Trinajstić information content (AvgIpc) is 2.85. The Morgan fingerprint density at radius 1 is 0.829 bits per heavy atom. The summed E-state index contributed by atoms with van der Waals surface area (Å²) in [6.07, 6.45) is 0. The molecular weight excluding hydrogens is 460 g/mol. The van der Waals surface area contributed by atoms with E-state index in [1.807, 2.05) is 38.1 Å². The smallest absolute Gasteiger partial charge is 0.336 e. The largest absolute Gasteiger partial charge is 0.478 e.